The van der Waals surface area contributed by atoms with Crippen molar-refractivity contribution in [3.05, 3.63) is 41.2 Å². The van der Waals surface area contributed by atoms with Crippen LogP contribution in [-0.4, -0.2) is 41.0 Å². The Morgan fingerprint density at radius 1 is 1.13 bits per heavy atom. The molecule has 0 saturated heterocycles. The van der Waals surface area contributed by atoms with Gasteiger partial charge in [0, 0.05) is 20.1 Å². The van der Waals surface area contributed by atoms with E-state index >= 15 is 0 Å². The third-order valence-electron chi connectivity index (χ3n) is 4.35. The number of anilines is 2. The lowest BCUT2D eigenvalue weighted by Gasteiger charge is -2.33. The van der Waals surface area contributed by atoms with Gasteiger partial charge in [0.05, 0.1) is 6.54 Å². The molecule has 1 heterocycles. The predicted molar refractivity (Wildman–Crippen MR) is 92.2 cm³/mol. The van der Waals surface area contributed by atoms with Crippen molar-refractivity contribution in [3.63, 3.8) is 0 Å². The van der Waals surface area contributed by atoms with E-state index < -0.39 is 0 Å². The van der Waals surface area contributed by atoms with Crippen LogP contribution in [-0.2, 0) is 13.0 Å². The van der Waals surface area contributed by atoms with Crippen molar-refractivity contribution in [1.29, 1.82) is 0 Å². The highest BCUT2D eigenvalue weighted by molar-refractivity contribution is 5.33. The zero-order valence-electron chi connectivity index (χ0n) is 14.0. The van der Waals surface area contributed by atoms with Crippen LogP contribution in [0, 0.1) is 0 Å². The fourth-order valence-corrected chi connectivity index (χ4v) is 3.22. The van der Waals surface area contributed by atoms with E-state index in [1.54, 1.807) is 0 Å². The largest absolute Gasteiger partial charge is 0.368 e. The summed E-state index contributed by atoms with van der Waals surface area (Å²) in [6.45, 7) is 0.659. The normalized spacial score (nSPS) is 17.1. The molecule has 0 bridgehead atoms. The lowest BCUT2D eigenvalue weighted by molar-refractivity contribution is 0.208. The Balaban J connectivity index is 1.82. The topological polar surface area (TPSA) is 71.2 Å². The third-order valence-corrected chi connectivity index (χ3v) is 4.35. The molecule has 1 aromatic carbocycles. The fourth-order valence-electron chi connectivity index (χ4n) is 3.22. The second kappa shape index (κ2) is 6.50. The smallest absolute Gasteiger partial charge is 0.229 e. The van der Waals surface area contributed by atoms with Gasteiger partial charge in [0.25, 0.3) is 0 Å². The standard InChI is InChI=1S/C17H24N6/c1-22(2)17-20-15(19-16(18)21-17)11-23(3)14-10-6-8-12-7-4-5-9-13(12)14/h4-5,7,9,14H,6,8,10-11H2,1-3H3,(H2,18,19,20,21)/t14-/m1/s1. The van der Waals surface area contributed by atoms with E-state index in [2.05, 4.69) is 51.2 Å². The summed E-state index contributed by atoms with van der Waals surface area (Å²) in [6.07, 6.45) is 3.55. The lowest BCUT2D eigenvalue weighted by atomic mass is 9.87. The quantitative estimate of drug-likeness (QED) is 0.931. The molecule has 0 amide bonds. The van der Waals surface area contributed by atoms with Crippen LogP contribution < -0.4 is 10.6 Å². The zero-order chi connectivity index (χ0) is 16.4. The molecule has 1 atom stereocenters. The van der Waals surface area contributed by atoms with Crippen LogP contribution >= 0.6 is 0 Å². The first kappa shape index (κ1) is 15.7. The van der Waals surface area contributed by atoms with Gasteiger partial charge in [-0.05, 0) is 37.4 Å². The second-order valence-corrected chi connectivity index (χ2v) is 6.33. The Morgan fingerprint density at radius 3 is 2.70 bits per heavy atom. The zero-order valence-corrected chi connectivity index (χ0v) is 14.0. The van der Waals surface area contributed by atoms with Gasteiger partial charge in [0.15, 0.2) is 0 Å². The molecule has 0 saturated carbocycles. The van der Waals surface area contributed by atoms with E-state index in [4.69, 9.17) is 5.73 Å². The van der Waals surface area contributed by atoms with Crippen molar-refractivity contribution in [2.75, 3.05) is 31.8 Å². The Kier molecular flexibility index (Phi) is 4.43. The van der Waals surface area contributed by atoms with E-state index in [1.165, 1.54) is 24.0 Å². The number of fused-ring (bicyclic) bond motifs is 1. The van der Waals surface area contributed by atoms with Crippen molar-refractivity contribution in [2.45, 2.75) is 31.8 Å². The van der Waals surface area contributed by atoms with Crippen LogP contribution in [0.1, 0.15) is 35.8 Å². The maximum atomic E-state index is 5.82. The molecule has 6 heteroatoms. The molecule has 0 spiro atoms. The first-order valence-electron chi connectivity index (χ1n) is 8.00. The first-order chi connectivity index (χ1) is 11.0. The predicted octanol–water partition coefficient (Wildman–Crippen LogP) is 2.03. The molecule has 1 aromatic heterocycles. The number of nitrogen functional groups attached to an aromatic ring is 1. The first-order valence-corrected chi connectivity index (χ1v) is 8.00. The molecule has 2 aromatic rings. The Labute approximate surface area is 137 Å². The summed E-state index contributed by atoms with van der Waals surface area (Å²) in [7, 11) is 5.93. The summed E-state index contributed by atoms with van der Waals surface area (Å²) in [5.74, 6) is 1.59. The van der Waals surface area contributed by atoms with Gasteiger partial charge in [0.1, 0.15) is 5.82 Å². The number of hydrogen-bond donors (Lipinski definition) is 1. The minimum absolute atomic E-state index is 0.274. The van der Waals surface area contributed by atoms with Crippen LogP contribution in [0.5, 0.6) is 0 Å². The van der Waals surface area contributed by atoms with Gasteiger partial charge in [-0.1, -0.05) is 24.3 Å². The average Bonchev–Trinajstić information content (AvgIpc) is 2.53. The number of nitrogens with two attached hydrogens (primary N) is 1. The number of aryl methyl sites for hydroxylation is 1. The molecule has 0 unspecified atom stereocenters. The van der Waals surface area contributed by atoms with E-state index in [1.807, 2.05) is 19.0 Å². The van der Waals surface area contributed by atoms with Crippen LogP contribution in [0.15, 0.2) is 24.3 Å². The monoisotopic (exact) mass is 312 g/mol. The molecule has 0 aliphatic heterocycles. The van der Waals surface area contributed by atoms with Gasteiger partial charge >= 0.3 is 0 Å². The Hall–Kier alpha value is -2.21. The maximum absolute atomic E-state index is 5.82. The number of hydrogen-bond acceptors (Lipinski definition) is 6. The molecule has 0 fully saturated rings. The molecule has 2 N–H and O–H groups in total. The third kappa shape index (κ3) is 3.42. The minimum atomic E-state index is 0.274. The van der Waals surface area contributed by atoms with Crippen molar-refractivity contribution < 1.29 is 0 Å². The van der Waals surface area contributed by atoms with Crippen molar-refractivity contribution >= 4 is 11.9 Å². The highest BCUT2D eigenvalue weighted by Gasteiger charge is 2.24. The molecular formula is C17H24N6. The van der Waals surface area contributed by atoms with E-state index in [9.17, 15) is 0 Å². The van der Waals surface area contributed by atoms with Crippen LogP contribution in [0.4, 0.5) is 11.9 Å². The number of rotatable bonds is 4. The SMILES string of the molecule is CN(C)c1nc(N)nc(CN(C)[C@@H]2CCCc3ccccc32)n1. The van der Waals surface area contributed by atoms with Gasteiger partial charge in [-0.25, -0.2) is 0 Å². The number of aromatic nitrogens is 3. The number of benzene rings is 1. The summed E-state index contributed by atoms with van der Waals surface area (Å²) >= 11 is 0. The molecule has 1 aliphatic rings. The summed E-state index contributed by atoms with van der Waals surface area (Å²) in [6, 6.07) is 9.12. The van der Waals surface area contributed by atoms with Gasteiger partial charge in [-0.3, -0.25) is 4.90 Å². The second-order valence-electron chi connectivity index (χ2n) is 6.33. The van der Waals surface area contributed by atoms with Gasteiger partial charge in [0.2, 0.25) is 11.9 Å². The summed E-state index contributed by atoms with van der Waals surface area (Å²) in [5, 5.41) is 0. The van der Waals surface area contributed by atoms with E-state index in [0.29, 0.717) is 24.4 Å². The fraction of sp³-hybridized carbons (Fsp3) is 0.471. The summed E-state index contributed by atoms with van der Waals surface area (Å²) < 4.78 is 0. The molecule has 3 rings (SSSR count). The highest BCUT2D eigenvalue weighted by atomic mass is 15.3. The van der Waals surface area contributed by atoms with E-state index in [0.717, 1.165) is 6.42 Å². The van der Waals surface area contributed by atoms with Crippen molar-refractivity contribution in [2.24, 2.45) is 0 Å². The molecular weight excluding hydrogens is 288 g/mol. The maximum Gasteiger partial charge on any atom is 0.229 e. The average molecular weight is 312 g/mol. The van der Waals surface area contributed by atoms with Gasteiger partial charge in [-0.2, -0.15) is 15.0 Å². The molecule has 0 radical (unpaired) electrons. The van der Waals surface area contributed by atoms with Crippen LogP contribution in [0.2, 0.25) is 0 Å². The van der Waals surface area contributed by atoms with Crippen LogP contribution in [0.25, 0.3) is 0 Å². The summed E-state index contributed by atoms with van der Waals surface area (Å²) in [4.78, 5) is 17.1. The number of nitrogens with zero attached hydrogens (tertiary/aromatic N) is 5. The molecule has 23 heavy (non-hydrogen) atoms. The van der Waals surface area contributed by atoms with Crippen LogP contribution in [0.3, 0.4) is 0 Å². The van der Waals surface area contributed by atoms with Crippen molar-refractivity contribution in [1.82, 2.24) is 19.9 Å². The Bertz CT molecular complexity index is 685. The minimum Gasteiger partial charge on any atom is -0.368 e. The highest BCUT2D eigenvalue weighted by Crippen LogP contribution is 2.33. The molecule has 6 nitrogen and oxygen atoms in total. The Morgan fingerprint density at radius 2 is 1.91 bits per heavy atom. The van der Waals surface area contributed by atoms with E-state index in [-0.39, 0.29) is 5.95 Å². The van der Waals surface area contributed by atoms with Gasteiger partial charge in [-0.15, -0.1) is 0 Å². The molecule has 122 valence electrons. The van der Waals surface area contributed by atoms with Gasteiger partial charge < -0.3 is 10.6 Å². The molecule has 1 aliphatic carbocycles. The lowest BCUT2D eigenvalue weighted by Crippen LogP contribution is -2.28. The van der Waals surface area contributed by atoms with Crippen molar-refractivity contribution in [3.8, 4) is 0 Å². The summed E-state index contributed by atoms with van der Waals surface area (Å²) in [5.41, 5.74) is 8.71.